The van der Waals surface area contributed by atoms with Crippen molar-refractivity contribution in [2.45, 2.75) is 19.8 Å². The van der Waals surface area contributed by atoms with Crippen molar-refractivity contribution in [3.63, 3.8) is 0 Å². The molecule has 1 fully saturated rings. The van der Waals surface area contributed by atoms with Crippen molar-refractivity contribution < 1.29 is 8.42 Å². The van der Waals surface area contributed by atoms with Crippen LogP contribution in [0.1, 0.15) is 19.2 Å². The lowest BCUT2D eigenvalue weighted by molar-refractivity contribution is 0.586. The van der Waals surface area contributed by atoms with Gasteiger partial charge in [-0.1, -0.05) is 6.92 Å². The third-order valence-corrected chi connectivity index (χ3v) is 4.77. The molecule has 0 saturated carbocycles. The second-order valence-electron chi connectivity index (χ2n) is 4.67. The quantitative estimate of drug-likeness (QED) is 0.877. The Balaban J connectivity index is 2.21. The van der Waals surface area contributed by atoms with Gasteiger partial charge in [-0.25, -0.2) is 18.4 Å². The molecule has 1 aromatic rings. The lowest BCUT2D eigenvalue weighted by Gasteiger charge is -2.28. The van der Waals surface area contributed by atoms with Crippen molar-refractivity contribution in [1.29, 1.82) is 0 Å². The van der Waals surface area contributed by atoms with Gasteiger partial charge in [0.1, 0.15) is 17.5 Å². The summed E-state index contributed by atoms with van der Waals surface area (Å²) in [5, 5.41) is 3.03. The van der Waals surface area contributed by atoms with Gasteiger partial charge >= 0.3 is 0 Å². The van der Waals surface area contributed by atoms with Crippen LogP contribution in [-0.2, 0) is 16.3 Å². The predicted octanol–water partition coefficient (Wildman–Crippen LogP) is 0.706. The number of nitrogens with one attached hydrogen (secondary N) is 1. The molecule has 1 aliphatic heterocycles. The molecule has 0 amide bonds. The van der Waals surface area contributed by atoms with Gasteiger partial charge in [-0.3, -0.25) is 0 Å². The Morgan fingerprint density at radius 2 is 2.00 bits per heavy atom. The van der Waals surface area contributed by atoms with Crippen molar-refractivity contribution in [1.82, 2.24) is 9.97 Å². The van der Waals surface area contributed by atoms with E-state index < -0.39 is 9.84 Å². The summed E-state index contributed by atoms with van der Waals surface area (Å²) in [6, 6.07) is 1.87. The highest BCUT2D eigenvalue weighted by atomic mass is 32.2. The standard InChI is InChI=1S/C12H20N4O2S/c1-3-4-10-14-11(13-2)9-12(15-10)16-5-7-19(17,18)8-6-16/h9H,3-8H2,1-2H3,(H,13,14,15). The predicted molar refractivity (Wildman–Crippen MR) is 76.4 cm³/mol. The average molecular weight is 284 g/mol. The molecule has 1 aromatic heterocycles. The molecule has 1 saturated heterocycles. The Morgan fingerprint density at radius 1 is 1.32 bits per heavy atom. The van der Waals surface area contributed by atoms with E-state index in [1.807, 2.05) is 18.0 Å². The van der Waals surface area contributed by atoms with E-state index in [1.54, 1.807) is 0 Å². The summed E-state index contributed by atoms with van der Waals surface area (Å²) < 4.78 is 22.9. The molecule has 0 unspecified atom stereocenters. The van der Waals surface area contributed by atoms with Gasteiger partial charge in [0.05, 0.1) is 11.5 Å². The summed E-state index contributed by atoms with van der Waals surface area (Å²) in [4.78, 5) is 10.9. The molecule has 0 spiro atoms. The number of rotatable bonds is 4. The van der Waals surface area contributed by atoms with E-state index in [4.69, 9.17) is 0 Å². The SMILES string of the molecule is CCCc1nc(NC)cc(N2CCS(=O)(=O)CC2)n1. The number of hydrogen-bond acceptors (Lipinski definition) is 6. The van der Waals surface area contributed by atoms with Crippen molar-refractivity contribution >= 4 is 21.5 Å². The van der Waals surface area contributed by atoms with Crippen LogP contribution < -0.4 is 10.2 Å². The van der Waals surface area contributed by atoms with Crippen molar-refractivity contribution in [2.24, 2.45) is 0 Å². The first-order valence-electron chi connectivity index (χ1n) is 6.55. The molecule has 0 atom stereocenters. The van der Waals surface area contributed by atoms with Crippen molar-refractivity contribution in [3.05, 3.63) is 11.9 Å². The fourth-order valence-electron chi connectivity index (χ4n) is 2.05. The van der Waals surface area contributed by atoms with Gasteiger partial charge < -0.3 is 10.2 Å². The minimum absolute atomic E-state index is 0.203. The minimum atomic E-state index is -2.86. The number of aromatic nitrogens is 2. The van der Waals surface area contributed by atoms with E-state index in [2.05, 4.69) is 22.2 Å². The smallest absolute Gasteiger partial charge is 0.153 e. The first-order chi connectivity index (χ1) is 9.04. The molecule has 106 valence electrons. The molecule has 0 radical (unpaired) electrons. The first kappa shape index (κ1) is 14.0. The molecule has 2 heterocycles. The summed E-state index contributed by atoms with van der Waals surface area (Å²) in [5.41, 5.74) is 0. The minimum Gasteiger partial charge on any atom is -0.373 e. The third-order valence-electron chi connectivity index (χ3n) is 3.16. The molecule has 0 bridgehead atoms. The second-order valence-corrected chi connectivity index (χ2v) is 6.97. The largest absolute Gasteiger partial charge is 0.373 e. The molecule has 2 rings (SSSR count). The Labute approximate surface area is 114 Å². The highest BCUT2D eigenvalue weighted by Crippen LogP contribution is 2.18. The van der Waals surface area contributed by atoms with Gasteiger partial charge in [0.25, 0.3) is 0 Å². The van der Waals surface area contributed by atoms with Crippen LogP contribution in [0.5, 0.6) is 0 Å². The van der Waals surface area contributed by atoms with Crippen LogP contribution >= 0.6 is 0 Å². The van der Waals surface area contributed by atoms with E-state index in [1.165, 1.54) is 0 Å². The summed E-state index contributed by atoms with van der Waals surface area (Å²) in [7, 11) is -1.04. The molecule has 19 heavy (non-hydrogen) atoms. The summed E-state index contributed by atoms with van der Waals surface area (Å²) in [6.45, 7) is 3.10. The molecular weight excluding hydrogens is 264 g/mol. The molecule has 1 aliphatic rings. The fraction of sp³-hybridized carbons (Fsp3) is 0.667. The Kier molecular flexibility index (Phi) is 4.24. The zero-order valence-corrected chi connectivity index (χ0v) is 12.2. The van der Waals surface area contributed by atoms with E-state index >= 15 is 0 Å². The van der Waals surface area contributed by atoms with Gasteiger partial charge in [-0.2, -0.15) is 0 Å². The van der Waals surface area contributed by atoms with Crippen LogP contribution in [0.3, 0.4) is 0 Å². The zero-order chi connectivity index (χ0) is 13.9. The van der Waals surface area contributed by atoms with Gasteiger partial charge in [0.15, 0.2) is 9.84 Å². The fourth-order valence-corrected chi connectivity index (χ4v) is 3.25. The van der Waals surface area contributed by atoms with Gasteiger partial charge in [0.2, 0.25) is 0 Å². The average Bonchev–Trinajstić information content (AvgIpc) is 2.38. The van der Waals surface area contributed by atoms with Crippen molar-refractivity contribution in [3.8, 4) is 0 Å². The first-order valence-corrected chi connectivity index (χ1v) is 8.37. The normalized spacial score (nSPS) is 18.3. The van der Waals surface area contributed by atoms with Gasteiger partial charge in [-0.05, 0) is 6.42 Å². The molecule has 6 nitrogen and oxygen atoms in total. The second kappa shape index (κ2) is 5.73. The molecule has 1 N–H and O–H groups in total. The van der Waals surface area contributed by atoms with Crippen LogP contribution in [0.25, 0.3) is 0 Å². The lowest BCUT2D eigenvalue weighted by atomic mass is 10.3. The number of anilines is 2. The van der Waals surface area contributed by atoms with Crippen LogP contribution in [0.4, 0.5) is 11.6 Å². The highest BCUT2D eigenvalue weighted by Gasteiger charge is 2.23. The molecule has 0 aliphatic carbocycles. The van der Waals surface area contributed by atoms with Crippen LogP contribution in [0.15, 0.2) is 6.07 Å². The van der Waals surface area contributed by atoms with E-state index in [9.17, 15) is 8.42 Å². The Hall–Kier alpha value is -1.37. The van der Waals surface area contributed by atoms with E-state index in [0.717, 1.165) is 30.3 Å². The zero-order valence-electron chi connectivity index (χ0n) is 11.4. The summed E-state index contributed by atoms with van der Waals surface area (Å²) in [5.74, 6) is 2.81. The molecule has 0 aromatic carbocycles. The van der Waals surface area contributed by atoms with Gasteiger partial charge in [-0.15, -0.1) is 0 Å². The molecular formula is C12H20N4O2S. The number of aryl methyl sites for hydroxylation is 1. The van der Waals surface area contributed by atoms with E-state index in [0.29, 0.717) is 13.1 Å². The van der Waals surface area contributed by atoms with E-state index in [-0.39, 0.29) is 11.5 Å². The lowest BCUT2D eigenvalue weighted by Crippen LogP contribution is -2.40. The number of nitrogens with zero attached hydrogens (tertiary/aromatic N) is 3. The summed E-state index contributed by atoms with van der Waals surface area (Å²) in [6.07, 6.45) is 1.82. The number of sulfone groups is 1. The topological polar surface area (TPSA) is 75.2 Å². The maximum absolute atomic E-state index is 11.4. The number of hydrogen-bond donors (Lipinski definition) is 1. The molecule has 7 heteroatoms. The maximum atomic E-state index is 11.4. The highest BCUT2D eigenvalue weighted by molar-refractivity contribution is 7.91. The third kappa shape index (κ3) is 3.56. The van der Waals surface area contributed by atoms with Crippen LogP contribution in [-0.4, -0.2) is 50.0 Å². The van der Waals surface area contributed by atoms with Crippen molar-refractivity contribution in [2.75, 3.05) is 41.9 Å². The van der Waals surface area contributed by atoms with Crippen LogP contribution in [0.2, 0.25) is 0 Å². The van der Waals surface area contributed by atoms with Crippen LogP contribution in [0, 0.1) is 0 Å². The Bertz CT molecular complexity index is 531. The monoisotopic (exact) mass is 284 g/mol. The van der Waals surface area contributed by atoms with Gasteiger partial charge in [0, 0.05) is 32.6 Å². The maximum Gasteiger partial charge on any atom is 0.153 e. The summed E-state index contributed by atoms with van der Waals surface area (Å²) >= 11 is 0. The Morgan fingerprint density at radius 3 is 2.58 bits per heavy atom.